The monoisotopic (exact) mass is 475 g/mol. The third kappa shape index (κ3) is 3.90. The van der Waals surface area contributed by atoms with Crippen LogP contribution in [0.4, 0.5) is 17.3 Å². The van der Waals surface area contributed by atoms with Crippen LogP contribution in [0.1, 0.15) is 30.4 Å². The first-order valence-corrected chi connectivity index (χ1v) is 10.6. The van der Waals surface area contributed by atoms with Gasteiger partial charge in [0.15, 0.2) is 5.65 Å². The van der Waals surface area contributed by atoms with Gasteiger partial charge in [-0.05, 0) is 58.6 Å². The van der Waals surface area contributed by atoms with Gasteiger partial charge in [-0.2, -0.15) is 14.9 Å². The van der Waals surface area contributed by atoms with E-state index in [1.54, 1.807) is 22.8 Å². The molecule has 1 aliphatic heterocycles. The van der Waals surface area contributed by atoms with Crippen molar-refractivity contribution in [3.05, 3.63) is 63.9 Å². The molecule has 3 heterocycles. The lowest BCUT2D eigenvalue weighted by Gasteiger charge is -2.12. The summed E-state index contributed by atoms with van der Waals surface area (Å²) >= 11 is 3.51. The number of aromatic nitrogens is 3. The summed E-state index contributed by atoms with van der Waals surface area (Å²) in [5, 5.41) is 23.2. The van der Waals surface area contributed by atoms with Gasteiger partial charge in [-0.25, -0.2) is 4.98 Å². The van der Waals surface area contributed by atoms with Gasteiger partial charge in [-0.1, -0.05) is 6.58 Å². The number of hydrogen-bond donors (Lipinski definition) is 3. The van der Waals surface area contributed by atoms with Crippen molar-refractivity contribution < 1.29 is 4.79 Å². The van der Waals surface area contributed by atoms with Crippen LogP contribution in [0.15, 0.2) is 52.8 Å². The summed E-state index contributed by atoms with van der Waals surface area (Å²) in [6, 6.07) is 9.82. The Morgan fingerprint density at radius 1 is 1.35 bits per heavy atom. The van der Waals surface area contributed by atoms with Crippen molar-refractivity contribution in [2.45, 2.75) is 25.3 Å². The number of rotatable bonds is 5. The average molecular weight is 476 g/mol. The van der Waals surface area contributed by atoms with E-state index in [2.05, 4.69) is 49.6 Å². The van der Waals surface area contributed by atoms with Crippen LogP contribution in [0.2, 0.25) is 0 Å². The molecule has 0 spiro atoms. The second kappa shape index (κ2) is 7.56. The fourth-order valence-electron chi connectivity index (χ4n) is 3.41. The lowest BCUT2D eigenvalue weighted by atomic mass is 10.1. The summed E-state index contributed by atoms with van der Waals surface area (Å²) in [6.07, 6.45) is 6.18. The molecule has 1 saturated carbocycles. The highest BCUT2D eigenvalue weighted by molar-refractivity contribution is 9.10. The molecule has 0 atom stereocenters. The van der Waals surface area contributed by atoms with Crippen LogP contribution in [0.3, 0.4) is 0 Å². The van der Waals surface area contributed by atoms with Crippen molar-refractivity contribution in [1.29, 1.82) is 5.26 Å². The van der Waals surface area contributed by atoms with Gasteiger partial charge in [0, 0.05) is 27.8 Å². The van der Waals surface area contributed by atoms with Crippen molar-refractivity contribution >= 4 is 50.9 Å². The molecule has 2 aliphatic rings. The quantitative estimate of drug-likeness (QED) is 0.512. The van der Waals surface area contributed by atoms with Crippen molar-refractivity contribution in [3.63, 3.8) is 0 Å². The van der Waals surface area contributed by atoms with Crippen LogP contribution < -0.4 is 16.0 Å². The molecule has 9 heteroatoms. The molecular formula is C22H18BrN7O. The van der Waals surface area contributed by atoms with Gasteiger partial charge < -0.3 is 16.0 Å². The number of benzene rings is 1. The van der Waals surface area contributed by atoms with Crippen LogP contribution >= 0.6 is 15.9 Å². The van der Waals surface area contributed by atoms with E-state index in [0.29, 0.717) is 35.2 Å². The molecular weight excluding hydrogens is 458 g/mol. The summed E-state index contributed by atoms with van der Waals surface area (Å²) < 4.78 is 2.55. The van der Waals surface area contributed by atoms with Crippen molar-refractivity contribution in [3.8, 4) is 6.07 Å². The number of anilines is 3. The number of halogens is 1. The van der Waals surface area contributed by atoms with E-state index in [0.717, 1.165) is 40.0 Å². The first-order valence-electron chi connectivity index (χ1n) is 9.82. The number of amides is 1. The number of allylic oxidation sites excluding steroid dienone is 1. The van der Waals surface area contributed by atoms with E-state index in [9.17, 15) is 4.79 Å². The third-order valence-corrected chi connectivity index (χ3v) is 5.80. The Morgan fingerprint density at radius 3 is 2.87 bits per heavy atom. The maximum absolute atomic E-state index is 11.7. The molecule has 154 valence electrons. The minimum absolute atomic E-state index is 0.0650. The first-order chi connectivity index (χ1) is 15.0. The fraction of sp³-hybridized carbons (Fsp3) is 0.182. The van der Waals surface area contributed by atoms with Crippen LogP contribution in [0.25, 0.3) is 11.7 Å². The SMILES string of the molecule is C=C1NC(=O)C/C1=C\c1cnn2c(NC3CC3)cc(Nc3ccc(C#N)cc3Br)nc12. The topological polar surface area (TPSA) is 107 Å². The minimum Gasteiger partial charge on any atom is -0.367 e. The molecule has 3 N–H and O–H groups in total. The van der Waals surface area contributed by atoms with Gasteiger partial charge >= 0.3 is 0 Å². The van der Waals surface area contributed by atoms with E-state index < -0.39 is 0 Å². The number of nitriles is 1. The molecule has 0 radical (unpaired) electrons. The summed E-state index contributed by atoms with van der Waals surface area (Å²) in [5.74, 6) is 1.41. The summed E-state index contributed by atoms with van der Waals surface area (Å²) in [5.41, 5.74) is 4.27. The van der Waals surface area contributed by atoms with Gasteiger partial charge in [0.1, 0.15) is 11.6 Å². The average Bonchev–Trinajstić information content (AvgIpc) is 3.38. The molecule has 3 aromatic rings. The standard InChI is InChI=1S/C22H18BrN7O/c1-12-14(8-21(31)26-12)7-15-11-25-30-20(27-16-3-4-16)9-19(29-22(15)30)28-18-5-2-13(10-24)6-17(18)23/h2,5-7,9,11,16,27H,1,3-4,8H2,(H,26,31)(H,28,29)/b14-7+. The second-order valence-electron chi connectivity index (χ2n) is 7.59. The Balaban J connectivity index is 1.57. The lowest BCUT2D eigenvalue weighted by Crippen LogP contribution is -2.10. The molecule has 1 saturated heterocycles. The molecule has 8 nitrogen and oxygen atoms in total. The predicted octanol–water partition coefficient (Wildman–Crippen LogP) is 4.10. The Bertz CT molecular complexity index is 1310. The third-order valence-electron chi connectivity index (χ3n) is 5.15. The molecule has 1 amide bonds. The molecule has 1 aliphatic carbocycles. The summed E-state index contributed by atoms with van der Waals surface area (Å²) in [7, 11) is 0. The zero-order valence-corrected chi connectivity index (χ0v) is 18.0. The van der Waals surface area contributed by atoms with Crippen LogP contribution in [-0.2, 0) is 4.79 Å². The maximum atomic E-state index is 11.7. The van der Waals surface area contributed by atoms with Crippen LogP contribution in [0.5, 0.6) is 0 Å². The van der Waals surface area contributed by atoms with Gasteiger partial charge in [0.25, 0.3) is 0 Å². The van der Waals surface area contributed by atoms with Gasteiger partial charge in [0.2, 0.25) is 5.91 Å². The maximum Gasteiger partial charge on any atom is 0.228 e. The largest absolute Gasteiger partial charge is 0.367 e. The molecule has 5 rings (SSSR count). The zero-order chi connectivity index (χ0) is 21.5. The Kier molecular flexibility index (Phi) is 4.71. The Morgan fingerprint density at radius 2 is 2.19 bits per heavy atom. The Hall–Kier alpha value is -3.64. The van der Waals surface area contributed by atoms with Crippen molar-refractivity contribution in [2.75, 3.05) is 10.6 Å². The van der Waals surface area contributed by atoms with Gasteiger partial charge in [-0.3, -0.25) is 4.79 Å². The number of nitrogens with zero attached hydrogens (tertiary/aromatic N) is 4. The zero-order valence-electron chi connectivity index (χ0n) is 16.4. The van der Waals surface area contributed by atoms with Gasteiger partial charge in [-0.15, -0.1) is 0 Å². The minimum atomic E-state index is -0.0650. The number of carbonyl (C=O) groups excluding carboxylic acids is 1. The highest BCUT2D eigenvalue weighted by Crippen LogP contribution is 2.31. The number of nitrogens with one attached hydrogen (secondary N) is 3. The van der Waals surface area contributed by atoms with Crippen molar-refractivity contribution in [2.24, 2.45) is 0 Å². The summed E-state index contributed by atoms with van der Waals surface area (Å²) in [4.78, 5) is 16.5. The molecule has 2 aromatic heterocycles. The smallest absolute Gasteiger partial charge is 0.228 e. The normalized spacial score (nSPS) is 17.1. The lowest BCUT2D eigenvalue weighted by molar-refractivity contribution is -0.118. The van der Waals surface area contributed by atoms with E-state index >= 15 is 0 Å². The molecule has 2 fully saturated rings. The molecule has 0 bridgehead atoms. The molecule has 0 unspecified atom stereocenters. The first kappa shape index (κ1) is 19.3. The van der Waals surface area contributed by atoms with E-state index in [1.807, 2.05) is 18.2 Å². The van der Waals surface area contributed by atoms with Crippen LogP contribution in [0, 0.1) is 11.3 Å². The predicted molar refractivity (Wildman–Crippen MR) is 122 cm³/mol. The van der Waals surface area contributed by atoms with E-state index in [1.165, 1.54) is 0 Å². The van der Waals surface area contributed by atoms with Crippen LogP contribution in [-0.4, -0.2) is 26.5 Å². The number of hydrogen-bond acceptors (Lipinski definition) is 6. The Labute approximate surface area is 186 Å². The van der Waals surface area contributed by atoms with E-state index in [4.69, 9.17) is 10.2 Å². The molecule has 31 heavy (non-hydrogen) atoms. The number of carbonyl (C=O) groups is 1. The van der Waals surface area contributed by atoms with Crippen molar-refractivity contribution in [1.82, 2.24) is 19.9 Å². The summed E-state index contributed by atoms with van der Waals surface area (Å²) in [6.45, 7) is 3.91. The van der Waals surface area contributed by atoms with Gasteiger partial charge in [0.05, 0.1) is 29.9 Å². The number of fused-ring (bicyclic) bond motifs is 1. The second-order valence-corrected chi connectivity index (χ2v) is 8.44. The highest BCUT2D eigenvalue weighted by atomic mass is 79.9. The fourth-order valence-corrected chi connectivity index (χ4v) is 3.89. The highest BCUT2D eigenvalue weighted by Gasteiger charge is 2.24. The van der Waals surface area contributed by atoms with E-state index in [-0.39, 0.29) is 5.91 Å². The molecule has 1 aromatic carbocycles.